The fraction of sp³-hybridized carbons (Fsp3) is 0.526. The standard InChI is InChI=1S/C19H24N8O2/c1-24-6-4-5-15(24)19(28)26-9-10-29-14(11-26)12-27-18-16(22-23-27)17(20-13-21-18)25-7-2-3-8-25/h4-6,13-14H,2-3,7-12H2,1H3/t14-/m1/s1. The normalized spacial score (nSPS) is 20.0. The second-order valence-electron chi connectivity index (χ2n) is 7.58. The summed E-state index contributed by atoms with van der Waals surface area (Å²) in [5, 5.41) is 8.65. The van der Waals surface area contributed by atoms with Crippen LogP contribution < -0.4 is 4.90 Å². The molecule has 0 bridgehead atoms. The van der Waals surface area contributed by atoms with Crippen LogP contribution in [0.5, 0.6) is 0 Å². The maximum absolute atomic E-state index is 12.8. The minimum Gasteiger partial charge on any atom is -0.373 e. The molecule has 0 aromatic carbocycles. The Kier molecular flexibility index (Phi) is 4.62. The number of anilines is 1. The summed E-state index contributed by atoms with van der Waals surface area (Å²) >= 11 is 0. The van der Waals surface area contributed by atoms with Crippen LogP contribution in [0.25, 0.3) is 11.2 Å². The van der Waals surface area contributed by atoms with Gasteiger partial charge in [-0.3, -0.25) is 4.79 Å². The lowest BCUT2D eigenvalue weighted by Gasteiger charge is -2.32. The van der Waals surface area contributed by atoms with E-state index >= 15 is 0 Å². The van der Waals surface area contributed by atoms with Gasteiger partial charge >= 0.3 is 0 Å². The molecule has 2 aliphatic rings. The molecule has 152 valence electrons. The number of carbonyl (C=O) groups excluding carboxylic acids is 1. The first-order valence-electron chi connectivity index (χ1n) is 10.0. The minimum atomic E-state index is -0.164. The molecule has 0 unspecified atom stereocenters. The third kappa shape index (κ3) is 3.33. The topological polar surface area (TPSA) is 94.2 Å². The van der Waals surface area contributed by atoms with E-state index in [1.54, 1.807) is 11.0 Å². The molecule has 5 rings (SSSR count). The van der Waals surface area contributed by atoms with Crippen molar-refractivity contribution < 1.29 is 9.53 Å². The highest BCUT2D eigenvalue weighted by Crippen LogP contribution is 2.24. The SMILES string of the molecule is Cn1cccc1C(=O)N1CCO[C@@H](Cn2nnc3c(N4CCCC4)ncnc32)C1. The van der Waals surface area contributed by atoms with E-state index in [1.165, 1.54) is 12.8 Å². The van der Waals surface area contributed by atoms with E-state index in [0.29, 0.717) is 37.6 Å². The lowest BCUT2D eigenvalue weighted by atomic mass is 10.2. The zero-order valence-corrected chi connectivity index (χ0v) is 16.4. The first-order chi connectivity index (χ1) is 14.2. The Labute approximate surface area is 168 Å². The molecule has 2 saturated heterocycles. The number of hydrogen-bond donors (Lipinski definition) is 0. The first-order valence-corrected chi connectivity index (χ1v) is 10.0. The van der Waals surface area contributed by atoms with Crippen molar-refractivity contribution in [2.45, 2.75) is 25.5 Å². The monoisotopic (exact) mass is 396 g/mol. The fourth-order valence-corrected chi connectivity index (χ4v) is 4.12. The van der Waals surface area contributed by atoms with Crippen LogP contribution >= 0.6 is 0 Å². The second-order valence-corrected chi connectivity index (χ2v) is 7.58. The van der Waals surface area contributed by atoms with Gasteiger partial charge in [-0.25, -0.2) is 14.6 Å². The summed E-state index contributed by atoms with van der Waals surface area (Å²) in [7, 11) is 1.88. The maximum atomic E-state index is 12.8. The lowest BCUT2D eigenvalue weighted by Crippen LogP contribution is -2.47. The van der Waals surface area contributed by atoms with Gasteiger partial charge in [0.1, 0.15) is 12.0 Å². The van der Waals surface area contributed by atoms with Crippen molar-refractivity contribution in [1.82, 2.24) is 34.4 Å². The quantitative estimate of drug-likeness (QED) is 0.641. The minimum absolute atomic E-state index is 0.0212. The number of aryl methyl sites for hydroxylation is 1. The maximum Gasteiger partial charge on any atom is 0.270 e. The molecule has 10 nitrogen and oxygen atoms in total. The van der Waals surface area contributed by atoms with E-state index in [-0.39, 0.29) is 12.0 Å². The molecule has 0 spiro atoms. The van der Waals surface area contributed by atoms with E-state index < -0.39 is 0 Å². The van der Waals surface area contributed by atoms with E-state index in [9.17, 15) is 4.79 Å². The van der Waals surface area contributed by atoms with Crippen molar-refractivity contribution in [3.05, 3.63) is 30.4 Å². The number of carbonyl (C=O) groups is 1. The largest absolute Gasteiger partial charge is 0.373 e. The molecule has 10 heteroatoms. The van der Waals surface area contributed by atoms with E-state index in [0.717, 1.165) is 24.4 Å². The summed E-state index contributed by atoms with van der Waals surface area (Å²) in [4.78, 5) is 25.7. The van der Waals surface area contributed by atoms with Gasteiger partial charge in [0.15, 0.2) is 17.0 Å². The van der Waals surface area contributed by atoms with Crippen molar-refractivity contribution in [2.24, 2.45) is 7.05 Å². The number of aromatic nitrogens is 6. The summed E-state index contributed by atoms with van der Waals surface area (Å²) in [6, 6.07) is 3.72. The molecule has 1 atom stereocenters. The number of hydrogen-bond acceptors (Lipinski definition) is 7. The average molecular weight is 396 g/mol. The molecule has 2 fully saturated rings. The average Bonchev–Trinajstić information content (AvgIpc) is 3.49. The van der Waals surface area contributed by atoms with Crippen LogP contribution in [0.1, 0.15) is 23.3 Å². The van der Waals surface area contributed by atoms with Gasteiger partial charge in [-0.2, -0.15) is 0 Å². The molecule has 0 radical (unpaired) electrons. The highest BCUT2D eigenvalue weighted by Gasteiger charge is 2.28. The van der Waals surface area contributed by atoms with Gasteiger partial charge in [-0.15, -0.1) is 5.10 Å². The molecular weight excluding hydrogens is 372 g/mol. The molecule has 0 N–H and O–H groups in total. The van der Waals surface area contributed by atoms with Gasteiger partial charge in [-0.05, 0) is 25.0 Å². The number of nitrogens with zero attached hydrogens (tertiary/aromatic N) is 8. The van der Waals surface area contributed by atoms with Crippen LogP contribution in [0, 0.1) is 0 Å². The molecule has 1 amide bonds. The predicted octanol–water partition coefficient (Wildman–Crippen LogP) is 0.701. The highest BCUT2D eigenvalue weighted by molar-refractivity contribution is 5.92. The zero-order chi connectivity index (χ0) is 19.8. The van der Waals surface area contributed by atoms with Gasteiger partial charge in [-0.1, -0.05) is 5.21 Å². The third-order valence-electron chi connectivity index (χ3n) is 5.65. The Bertz CT molecular complexity index is 1020. The van der Waals surface area contributed by atoms with Crippen LogP contribution in [0.15, 0.2) is 24.7 Å². The molecular formula is C19H24N8O2. The molecule has 3 aromatic rings. The Morgan fingerprint density at radius 2 is 2.10 bits per heavy atom. The molecule has 0 aliphatic carbocycles. The van der Waals surface area contributed by atoms with Crippen LogP contribution in [-0.2, 0) is 18.3 Å². The summed E-state index contributed by atoms with van der Waals surface area (Å²) in [6.07, 6.45) is 5.62. The van der Waals surface area contributed by atoms with Crippen molar-refractivity contribution in [3.63, 3.8) is 0 Å². The molecule has 3 aromatic heterocycles. The van der Waals surface area contributed by atoms with E-state index in [1.807, 2.05) is 34.8 Å². The second kappa shape index (κ2) is 7.43. The van der Waals surface area contributed by atoms with Crippen LogP contribution in [0.4, 0.5) is 5.82 Å². The van der Waals surface area contributed by atoms with Gasteiger partial charge in [0, 0.05) is 39.4 Å². The molecule has 0 saturated carbocycles. The number of ether oxygens (including phenoxy) is 1. The van der Waals surface area contributed by atoms with Gasteiger partial charge in [0.25, 0.3) is 5.91 Å². The molecule has 2 aliphatic heterocycles. The summed E-state index contributed by atoms with van der Waals surface area (Å²) in [5.74, 6) is 0.872. The smallest absolute Gasteiger partial charge is 0.270 e. The summed E-state index contributed by atoms with van der Waals surface area (Å²) in [6.45, 7) is 4.06. The number of morpholine rings is 1. The number of amides is 1. The Morgan fingerprint density at radius 1 is 1.24 bits per heavy atom. The number of rotatable bonds is 4. The predicted molar refractivity (Wildman–Crippen MR) is 106 cm³/mol. The van der Waals surface area contributed by atoms with Gasteiger partial charge in [0.05, 0.1) is 19.3 Å². The van der Waals surface area contributed by atoms with Crippen molar-refractivity contribution in [2.75, 3.05) is 37.7 Å². The van der Waals surface area contributed by atoms with Gasteiger partial charge < -0.3 is 19.1 Å². The van der Waals surface area contributed by atoms with Crippen LogP contribution in [0.3, 0.4) is 0 Å². The van der Waals surface area contributed by atoms with E-state index in [4.69, 9.17) is 4.74 Å². The van der Waals surface area contributed by atoms with E-state index in [2.05, 4.69) is 25.2 Å². The van der Waals surface area contributed by atoms with Crippen molar-refractivity contribution >= 4 is 22.9 Å². The third-order valence-corrected chi connectivity index (χ3v) is 5.65. The Balaban J connectivity index is 1.33. The molecule has 5 heterocycles. The van der Waals surface area contributed by atoms with Crippen LogP contribution in [-0.4, -0.2) is 79.2 Å². The van der Waals surface area contributed by atoms with Crippen molar-refractivity contribution in [3.8, 4) is 0 Å². The Morgan fingerprint density at radius 3 is 2.90 bits per heavy atom. The zero-order valence-electron chi connectivity index (χ0n) is 16.4. The Hall–Kier alpha value is -3.01. The van der Waals surface area contributed by atoms with Crippen molar-refractivity contribution in [1.29, 1.82) is 0 Å². The van der Waals surface area contributed by atoms with Gasteiger partial charge in [0.2, 0.25) is 0 Å². The molecule has 29 heavy (non-hydrogen) atoms. The summed E-state index contributed by atoms with van der Waals surface area (Å²) in [5.41, 5.74) is 2.11. The lowest BCUT2D eigenvalue weighted by molar-refractivity contribution is -0.0300. The highest BCUT2D eigenvalue weighted by atomic mass is 16.5. The number of fused-ring (bicyclic) bond motifs is 1. The fourth-order valence-electron chi connectivity index (χ4n) is 4.12. The first kappa shape index (κ1) is 18.0. The summed E-state index contributed by atoms with van der Waals surface area (Å²) < 4.78 is 9.52. The van der Waals surface area contributed by atoms with Crippen LogP contribution in [0.2, 0.25) is 0 Å².